The molecule has 0 bridgehead atoms. The Labute approximate surface area is 176 Å². The van der Waals surface area contributed by atoms with E-state index in [1.165, 1.54) is 15.3 Å². The van der Waals surface area contributed by atoms with Crippen molar-refractivity contribution < 1.29 is 4.79 Å². The summed E-state index contributed by atoms with van der Waals surface area (Å²) in [4.78, 5) is 21.9. The first-order chi connectivity index (χ1) is 14.2. The van der Waals surface area contributed by atoms with Crippen molar-refractivity contribution in [3.05, 3.63) is 87.4 Å². The Hall–Kier alpha value is -2.50. The fourth-order valence-electron chi connectivity index (χ4n) is 3.95. The first-order valence-electron chi connectivity index (χ1n) is 10.3. The minimum absolute atomic E-state index is 0.103. The van der Waals surface area contributed by atoms with Crippen molar-refractivity contribution >= 4 is 17.2 Å². The second-order valence-electron chi connectivity index (χ2n) is 7.64. The van der Waals surface area contributed by atoms with Crippen LogP contribution < -0.4 is 5.73 Å². The highest BCUT2D eigenvalue weighted by Gasteiger charge is 2.25. The van der Waals surface area contributed by atoms with Crippen molar-refractivity contribution in [3.63, 3.8) is 0 Å². The van der Waals surface area contributed by atoms with E-state index in [4.69, 9.17) is 5.73 Å². The van der Waals surface area contributed by atoms with Crippen LogP contribution >= 0.6 is 11.3 Å². The van der Waals surface area contributed by atoms with E-state index < -0.39 is 0 Å². The van der Waals surface area contributed by atoms with Crippen LogP contribution in [0.1, 0.15) is 50.0 Å². The molecule has 5 heteroatoms. The monoisotopic (exact) mass is 405 g/mol. The van der Waals surface area contributed by atoms with Crippen LogP contribution in [0.2, 0.25) is 0 Å². The number of benzene rings is 1. The third-order valence-electron chi connectivity index (χ3n) is 5.66. The molecule has 1 saturated heterocycles. The molecule has 1 aliphatic rings. The van der Waals surface area contributed by atoms with E-state index in [9.17, 15) is 4.79 Å². The molecular weight excluding hydrogens is 378 g/mol. The zero-order chi connectivity index (χ0) is 20.1. The van der Waals surface area contributed by atoms with Gasteiger partial charge in [0, 0.05) is 41.8 Å². The third-order valence-corrected chi connectivity index (χ3v) is 6.93. The van der Waals surface area contributed by atoms with E-state index >= 15 is 0 Å². The second kappa shape index (κ2) is 9.33. The number of piperidine rings is 1. The molecule has 2 N–H and O–H groups in total. The number of hydrogen-bond donors (Lipinski definition) is 1. The lowest BCUT2D eigenvalue weighted by atomic mass is 9.95. The molecule has 1 aromatic carbocycles. The van der Waals surface area contributed by atoms with Crippen LogP contribution in [-0.4, -0.2) is 28.9 Å². The van der Waals surface area contributed by atoms with Crippen molar-refractivity contribution in [2.45, 2.75) is 38.1 Å². The van der Waals surface area contributed by atoms with Gasteiger partial charge in [0.2, 0.25) is 0 Å². The number of carbonyl (C=O) groups excluding carboxylic acids is 1. The number of amides is 1. The number of carbonyl (C=O) groups is 1. The predicted octanol–water partition coefficient (Wildman–Crippen LogP) is 4.41. The zero-order valence-corrected chi connectivity index (χ0v) is 17.4. The summed E-state index contributed by atoms with van der Waals surface area (Å²) in [7, 11) is 0. The quantitative estimate of drug-likeness (QED) is 0.661. The summed E-state index contributed by atoms with van der Waals surface area (Å²) in [5, 5.41) is 0. The number of hydrogen-bond acceptors (Lipinski definition) is 4. The van der Waals surface area contributed by atoms with Gasteiger partial charge in [-0.3, -0.25) is 9.78 Å². The molecule has 0 aliphatic carbocycles. The largest absolute Gasteiger partial charge is 0.339 e. The van der Waals surface area contributed by atoms with Crippen LogP contribution in [0.15, 0.2) is 60.9 Å². The Bertz CT molecular complexity index is 946. The number of likely N-dealkylation sites (tertiary alicyclic amines) is 1. The zero-order valence-electron chi connectivity index (χ0n) is 16.6. The van der Waals surface area contributed by atoms with Crippen LogP contribution in [0.4, 0.5) is 0 Å². The van der Waals surface area contributed by atoms with Crippen LogP contribution in [0.3, 0.4) is 0 Å². The van der Waals surface area contributed by atoms with Gasteiger partial charge in [0.1, 0.15) is 0 Å². The van der Waals surface area contributed by atoms with Gasteiger partial charge in [-0.2, -0.15) is 0 Å². The number of pyridine rings is 1. The van der Waals surface area contributed by atoms with Gasteiger partial charge < -0.3 is 10.6 Å². The molecule has 150 valence electrons. The predicted molar refractivity (Wildman–Crippen MR) is 118 cm³/mol. The summed E-state index contributed by atoms with van der Waals surface area (Å²) in [6.07, 6.45) is 7.44. The normalized spacial score (nSPS) is 14.9. The van der Waals surface area contributed by atoms with Gasteiger partial charge in [-0.25, -0.2) is 0 Å². The Morgan fingerprint density at radius 3 is 2.52 bits per heavy atom. The first kappa shape index (κ1) is 19.8. The Balaban J connectivity index is 1.35. The first-order valence-corrected chi connectivity index (χ1v) is 11.1. The maximum absolute atomic E-state index is 13.0. The molecule has 0 atom stereocenters. The maximum atomic E-state index is 13.0. The van der Waals surface area contributed by atoms with Crippen molar-refractivity contribution in [1.29, 1.82) is 0 Å². The third kappa shape index (κ3) is 4.92. The Morgan fingerprint density at radius 1 is 1.03 bits per heavy atom. The van der Waals surface area contributed by atoms with Crippen molar-refractivity contribution in [2.24, 2.45) is 5.73 Å². The van der Waals surface area contributed by atoms with E-state index in [0.717, 1.165) is 44.3 Å². The summed E-state index contributed by atoms with van der Waals surface area (Å²) in [5.74, 6) is 0.644. The highest BCUT2D eigenvalue weighted by atomic mass is 32.1. The average molecular weight is 406 g/mol. The molecule has 1 fully saturated rings. The van der Waals surface area contributed by atoms with Gasteiger partial charge in [0.05, 0.1) is 5.56 Å². The smallest absolute Gasteiger partial charge is 0.255 e. The van der Waals surface area contributed by atoms with Crippen molar-refractivity contribution in [3.8, 4) is 0 Å². The molecule has 3 heterocycles. The van der Waals surface area contributed by atoms with Gasteiger partial charge in [-0.15, -0.1) is 11.3 Å². The molecule has 1 amide bonds. The lowest BCUT2D eigenvalue weighted by Crippen LogP contribution is -2.37. The Morgan fingerprint density at radius 2 is 1.79 bits per heavy atom. The molecule has 0 radical (unpaired) electrons. The summed E-state index contributed by atoms with van der Waals surface area (Å²) < 4.78 is 0. The SMILES string of the molecule is NCc1ccc(C2CCN(C(=O)c3cncc(CCc4ccccc4)c3)CC2)s1. The topological polar surface area (TPSA) is 59.2 Å². The number of thiophene rings is 1. The fourth-order valence-corrected chi connectivity index (χ4v) is 5.01. The number of nitrogens with zero attached hydrogens (tertiary/aromatic N) is 2. The van der Waals surface area contributed by atoms with Crippen LogP contribution in [0.5, 0.6) is 0 Å². The van der Waals surface area contributed by atoms with Crippen LogP contribution in [-0.2, 0) is 19.4 Å². The summed E-state index contributed by atoms with van der Waals surface area (Å²) in [6.45, 7) is 2.21. The van der Waals surface area contributed by atoms with Crippen molar-refractivity contribution in [1.82, 2.24) is 9.88 Å². The summed E-state index contributed by atoms with van der Waals surface area (Å²) >= 11 is 1.81. The number of rotatable bonds is 6. The van der Waals surface area contributed by atoms with E-state index in [2.05, 4.69) is 41.4 Å². The highest BCUT2D eigenvalue weighted by molar-refractivity contribution is 7.12. The summed E-state index contributed by atoms with van der Waals surface area (Å²) in [5.41, 5.74) is 8.86. The van der Waals surface area contributed by atoms with E-state index in [0.29, 0.717) is 18.0 Å². The number of aryl methyl sites for hydroxylation is 2. The lowest BCUT2D eigenvalue weighted by Gasteiger charge is -2.31. The van der Waals surface area contributed by atoms with Crippen molar-refractivity contribution in [2.75, 3.05) is 13.1 Å². The minimum Gasteiger partial charge on any atom is -0.339 e. The van der Waals surface area contributed by atoms with E-state index in [1.807, 2.05) is 34.6 Å². The molecule has 4 rings (SSSR count). The van der Waals surface area contributed by atoms with Gasteiger partial charge >= 0.3 is 0 Å². The van der Waals surface area contributed by atoms with Gasteiger partial charge in [0.15, 0.2) is 0 Å². The minimum atomic E-state index is 0.103. The molecule has 0 saturated carbocycles. The lowest BCUT2D eigenvalue weighted by molar-refractivity contribution is 0.0713. The van der Waals surface area contributed by atoms with E-state index in [-0.39, 0.29) is 5.91 Å². The molecule has 4 nitrogen and oxygen atoms in total. The molecule has 0 unspecified atom stereocenters. The van der Waals surface area contributed by atoms with Crippen LogP contribution in [0, 0.1) is 0 Å². The molecule has 2 aromatic heterocycles. The molecule has 1 aliphatic heterocycles. The number of nitrogens with two attached hydrogens (primary N) is 1. The van der Waals surface area contributed by atoms with Gasteiger partial charge in [0.25, 0.3) is 5.91 Å². The van der Waals surface area contributed by atoms with Crippen LogP contribution in [0.25, 0.3) is 0 Å². The maximum Gasteiger partial charge on any atom is 0.255 e. The average Bonchev–Trinajstić information content (AvgIpc) is 3.28. The molecule has 3 aromatic rings. The van der Waals surface area contributed by atoms with Gasteiger partial charge in [-0.05, 0) is 60.9 Å². The number of aromatic nitrogens is 1. The van der Waals surface area contributed by atoms with Gasteiger partial charge in [-0.1, -0.05) is 30.3 Å². The molecule has 0 spiro atoms. The molecular formula is C24H27N3OS. The Kier molecular flexibility index (Phi) is 6.37. The summed E-state index contributed by atoms with van der Waals surface area (Å²) in [6, 6.07) is 16.8. The highest BCUT2D eigenvalue weighted by Crippen LogP contribution is 2.33. The fraction of sp³-hybridized carbons (Fsp3) is 0.333. The standard InChI is InChI=1S/C24H27N3OS/c25-15-22-8-9-23(29-22)20-10-12-27(13-11-20)24(28)21-14-19(16-26-17-21)7-6-18-4-2-1-3-5-18/h1-5,8-9,14,16-17,20H,6-7,10-13,15,25H2. The second-order valence-corrected chi connectivity index (χ2v) is 8.84. The van der Waals surface area contributed by atoms with E-state index in [1.54, 1.807) is 6.20 Å². The molecule has 29 heavy (non-hydrogen) atoms.